The van der Waals surface area contributed by atoms with Gasteiger partial charge >= 0.3 is 0 Å². The van der Waals surface area contributed by atoms with Crippen molar-refractivity contribution in [3.8, 4) is 5.75 Å². The highest BCUT2D eigenvalue weighted by Gasteiger charge is 2.01. The third-order valence-corrected chi connectivity index (χ3v) is 2.38. The summed E-state index contributed by atoms with van der Waals surface area (Å²) in [7, 11) is 0. The molecule has 2 N–H and O–H groups in total. The second-order valence-electron chi connectivity index (χ2n) is 3.12. The van der Waals surface area contributed by atoms with Gasteiger partial charge in [-0.1, -0.05) is 15.9 Å². The van der Waals surface area contributed by atoms with Crippen LogP contribution in [0.5, 0.6) is 5.75 Å². The molecule has 1 aromatic carbocycles. The van der Waals surface area contributed by atoms with E-state index in [4.69, 9.17) is 10.5 Å². The van der Waals surface area contributed by atoms with Gasteiger partial charge in [-0.3, -0.25) is 0 Å². The van der Waals surface area contributed by atoms with Crippen molar-refractivity contribution in [2.75, 3.05) is 0 Å². The SMILES string of the molecule is CC(C)Oc1ccc(Br)c(CN)c1. The van der Waals surface area contributed by atoms with Crippen LogP contribution in [0.2, 0.25) is 0 Å². The molecule has 72 valence electrons. The molecule has 0 aliphatic rings. The molecule has 0 unspecified atom stereocenters. The first-order chi connectivity index (χ1) is 6.13. The van der Waals surface area contributed by atoms with Gasteiger partial charge in [0.25, 0.3) is 0 Å². The first-order valence-corrected chi connectivity index (χ1v) is 5.08. The summed E-state index contributed by atoms with van der Waals surface area (Å²) >= 11 is 3.42. The van der Waals surface area contributed by atoms with E-state index in [-0.39, 0.29) is 6.10 Å². The van der Waals surface area contributed by atoms with Crippen molar-refractivity contribution < 1.29 is 4.74 Å². The Labute approximate surface area is 87.2 Å². The number of halogens is 1. The first kappa shape index (κ1) is 10.5. The Hall–Kier alpha value is -0.540. The minimum absolute atomic E-state index is 0.201. The van der Waals surface area contributed by atoms with Crippen molar-refractivity contribution in [2.24, 2.45) is 5.73 Å². The van der Waals surface area contributed by atoms with Crippen molar-refractivity contribution in [3.05, 3.63) is 28.2 Å². The van der Waals surface area contributed by atoms with Crippen LogP contribution in [0.4, 0.5) is 0 Å². The molecule has 3 heteroatoms. The van der Waals surface area contributed by atoms with Crippen molar-refractivity contribution in [2.45, 2.75) is 26.5 Å². The second kappa shape index (κ2) is 4.63. The standard InChI is InChI=1S/C10H14BrNO/c1-7(2)13-9-3-4-10(11)8(5-9)6-12/h3-5,7H,6,12H2,1-2H3. The topological polar surface area (TPSA) is 35.2 Å². The maximum Gasteiger partial charge on any atom is 0.120 e. The maximum absolute atomic E-state index is 5.56. The Morgan fingerprint density at radius 1 is 1.46 bits per heavy atom. The molecule has 0 saturated carbocycles. The zero-order valence-corrected chi connectivity index (χ0v) is 9.47. The number of hydrogen-bond donors (Lipinski definition) is 1. The summed E-state index contributed by atoms with van der Waals surface area (Å²) in [5, 5.41) is 0. The normalized spacial score (nSPS) is 10.5. The van der Waals surface area contributed by atoms with E-state index in [1.54, 1.807) is 0 Å². The Morgan fingerprint density at radius 3 is 2.69 bits per heavy atom. The lowest BCUT2D eigenvalue weighted by atomic mass is 10.2. The summed E-state index contributed by atoms with van der Waals surface area (Å²) in [6.07, 6.45) is 0.201. The molecule has 13 heavy (non-hydrogen) atoms. The molecule has 0 aliphatic carbocycles. The van der Waals surface area contributed by atoms with Crippen molar-refractivity contribution >= 4 is 15.9 Å². The van der Waals surface area contributed by atoms with Gasteiger partial charge in [-0.25, -0.2) is 0 Å². The third-order valence-electron chi connectivity index (χ3n) is 1.61. The van der Waals surface area contributed by atoms with E-state index >= 15 is 0 Å². The lowest BCUT2D eigenvalue weighted by Crippen LogP contribution is -2.06. The Bertz CT molecular complexity index is 286. The molecule has 1 aromatic rings. The number of ether oxygens (including phenoxy) is 1. The summed E-state index contributed by atoms with van der Waals surface area (Å²) in [6, 6.07) is 5.85. The number of nitrogens with two attached hydrogens (primary N) is 1. The summed E-state index contributed by atoms with van der Waals surface area (Å²) in [5.74, 6) is 0.874. The molecule has 0 amide bonds. The van der Waals surface area contributed by atoms with Crippen molar-refractivity contribution in [1.82, 2.24) is 0 Å². The monoisotopic (exact) mass is 243 g/mol. The summed E-state index contributed by atoms with van der Waals surface area (Å²) in [5.41, 5.74) is 6.63. The van der Waals surface area contributed by atoms with Crippen LogP contribution in [0.3, 0.4) is 0 Å². The Kier molecular flexibility index (Phi) is 3.75. The first-order valence-electron chi connectivity index (χ1n) is 4.28. The van der Waals surface area contributed by atoms with Gasteiger partial charge in [0.2, 0.25) is 0 Å². The third kappa shape index (κ3) is 3.01. The molecule has 0 heterocycles. The highest BCUT2D eigenvalue weighted by atomic mass is 79.9. The Morgan fingerprint density at radius 2 is 2.15 bits per heavy atom. The molecule has 0 aromatic heterocycles. The number of rotatable bonds is 3. The predicted molar refractivity (Wildman–Crippen MR) is 57.8 cm³/mol. The van der Waals surface area contributed by atoms with Crippen LogP contribution < -0.4 is 10.5 Å². The highest BCUT2D eigenvalue weighted by molar-refractivity contribution is 9.10. The minimum atomic E-state index is 0.201. The zero-order chi connectivity index (χ0) is 9.84. The van der Waals surface area contributed by atoms with Crippen LogP contribution in [-0.4, -0.2) is 6.10 Å². The molecule has 0 bridgehead atoms. The van der Waals surface area contributed by atoms with E-state index < -0.39 is 0 Å². The van der Waals surface area contributed by atoms with E-state index in [0.29, 0.717) is 6.54 Å². The van der Waals surface area contributed by atoms with Gasteiger partial charge in [0.1, 0.15) is 5.75 Å². The lowest BCUT2D eigenvalue weighted by Gasteiger charge is -2.11. The average molecular weight is 244 g/mol. The molecule has 2 nitrogen and oxygen atoms in total. The average Bonchev–Trinajstić information content (AvgIpc) is 2.07. The molecule has 0 radical (unpaired) electrons. The second-order valence-corrected chi connectivity index (χ2v) is 3.98. The summed E-state index contributed by atoms with van der Waals surface area (Å²) < 4.78 is 6.57. The Balaban J connectivity index is 2.86. The van der Waals surface area contributed by atoms with E-state index in [1.165, 1.54) is 0 Å². The number of hydrogen-bond acceptors (Lipinski definition) is 2. The molecular weight excluding hydrogens is 230 g/mol. The van der Waals surface area contributed by atoms with Crippen LogP contribution in [0.15, 0.2) is 22.7 Å². The van der Waals surface area contributed by atoms with Gasteiger partial charge < -0.3 is 10.5 Å². The molecule has 0 saturated heterocycles. The van der Waals surface area contributed by atoms with E-state index in [1.807, 2.05) is 32.0 Å². The quantitative estimate of drug-likeness (QED) is 0.887. The van der Waals surface area contributed by atoms with Gasteiger partial charge in [0.15, 0.2) is 0 Å². The van der Waals surface area contributed by atoms with Crippen LogP contribution >= 0.6 is 15.9 Å². The largest absolute Gasteiger partial charge is 0.491 e. The fourth-order valence-corrected chi connectivity index (χ4v) is 1.46. The van der Waals surface area contributed by atoms with E-state index in [0.717, 1.165) is 15.8 Å². The smallest absolute Gasteiger partial charge is 0.120 e. The van der Waals surface area contributed by atoms with Gasteiger partial charge in [-0.2, -0.15) is 0 Å². The molecule has 0 spiro atoms. The summed E-state index contributed by atoms with van der Waals surface area (Å²) in [6.45, 7) is 4.53. The minimum Gasteiger partial charge on any atom is -0.491 e. The zero-order valence-electron chi connectivity index (χ0n) is 7.88. The molecular formula is C10H14BrNO. The summed E-state index contributed by atoms with van der Waals surface area (Å²) in [4.78, 5) is 0. The van der Waals surface area contributed by atoms with Gasteiger partial charge in [0.05, 0.1) is 6.10 Å². The lowest BCUT2D eigenvalue weighted by molar-refractivity contribution is 0.242. The van der Waals surface area contributed by atoms with E-state index in [2.05, 4.69) is 15.9 Å². The molecule has 0 fully saturated rings. The highest BCUT2D eigenvalue weighted by Crippen LogP contribution is 2.22. The fraction of sp³-hybridized carbons (Fsp3) is 0.400. The van der Waals surface area contributed by atoms with Gasteiger partial charge in [-0.05, 0) is 37.6 Å². The molecule has 1 rings (SSSR count). The molecule has 0 atom stereocenters. The maximum atomic E-state index is 5.56. The van der Waals surface area contributed by atoms with Gasteiger partial charge in [-0.15, -0.1) is 0 Å². The van der Waals surface area contributed by atoms with Crippen LogP contribution in [0.1, 0.15) is 19.4 Å². The van der Waals surface area contributed by atoms with Crippen LogP contribution in [0.25, 0.3) is 0 Å². The number of benzene rings is 1. The van der Waals surface area contributed by atoms with Crippen molar-refractivity contribution in [3.63, 3.8) is 0 Å². The predicted octanol–water partition coefficient (Wildman–Crippen LogP) is 2.70. The van der Waals surface area contributed by atoms with Crippen LogP contribution in [-0.2, 0) is 6.54 Å². The van der Waals surface area contributed by atoms with Crippen molar-refractivity contribution in [1.29, 1.82) is 0 Å². The fourth-order valence-electron chi connectivity index (χ4n) is 1.05. The van der Waals surface area contributed by atoms with E-state index in [9.17, 15) is 0 Å². The van der Waals surface area contributed by atoms with Crippen LogP contribution in [0, 0.1) is 0 Å². The molecule has 0 aliphatic heterocycles. The van der Waals surface area contributed by atoms with Gasteiger partial charge in [0, 0.05) is 11.0 Å².